The number of anilines is 3. The zero-order valence-electron chi connectivity index (χ0n) is 11.2. The van der Waals surface area contributed by atoms with E-state index in [1.165, 1.54) is 0 Å². The summed E-state index contributed by atoms with van der Waals surface area (Å²) in [6.45, 7) is 0. The number of carbonyl (C=O) groups excluding carboxylic acids is 1. The van der Waals surface area contributed by atoms with Crippen LogP contribution in [0.1, 0.15) is 10.4 Å². The van der Waals surface area contributed by atoms with Gasteiger partial charge in [-0.05, 0) is 42.5 Å². The van der Waals surface area contributed by atoms with Crippen molar-refractivity contribution in [3.63, 3.8) is 0 Å². The molecule has 0 spiro atoms. The maximum Gasteiger partial charge on any atom is 0.248 e. The fourth-order valence-corrected chi connectivity index (χ4v) is 2.14. The number of nitrogens with one attached hydrogen (secondary N) is 1. The molecule has 104 valence electrons. The Hall–Kier alpha value is -3.08. The average molecular weight is 278 g/mol. The molecule has 1 amide bonds. The lowest BCUT2D eigenvalue weighted by molar-refractivity contribution is 0.100. The maximum atomic E-state index is 11.1. The van der Waals surface area contributed by atoms with Crippen LogP contribution in [0.4, 0.5) is 17.1 Å². The number of hydrogen-bond acceptors (Lipinski definition) is 4. The van der Waals surface area contributed by atoms with Crippen LogP contribution in [0.3, 0.4) is 0 Å². The largest absolute Gasteiger partial charge is 0.397 e. The summed E-state index contributed by atoms with van der Waals surface area (Å²) in [6, 6.07) is 14.7. The first-order valence-corrected chi connectivity index (χ1v) is 6.44. The van der Waals surface area contributed by atoms with Crippen molar-refractivity contribution in [2.24, 2.45) is 5.73 Å². The van der Waals surface area contributed by atoms with E-state index < -0.39 is 5.91 Å². The van der Waals surface area contributed by atoms with Gasteiger partial charge in [-0.2, -0.15) is 0 Å². The van der Waals surface area contributed by atoms with E-state index >= 15 is 0 Å². The number of carbonyl (C=O) groups is 1. The Morgan fingerprint density at radius 2 is 1.95 bits per heavy atom. The molecule has 0 atom stereocenters. The SMILES string of the molecule is NC(=O)c1ccc(Nc2ccc3ncccc3c2)c(N)c1. The van der Waals surface area contributed by atoms with E-state index in [0.717, 1.165) is 22.3 Å². The van der Waals surface area contributed by atoms with E-state index in [2.05, 4.69) is 10.3 Å². The van der Waals surface area contributed by atoms with Crippen LogP contribution >= 0.6 is 0 Å². The molecule has 0 unspecified atom stereocenters. The lowest BCUT2D eigenvalue weighted by Gasteiger charge is -2.11. The van der Waals surface area contributed by atoms with Gasteiger partial charge in [0, 0.05) is 22.8 Å². The van der Waals surface area contributed by atoms with E-state index in [4.69, 9.17) is 11.5 Å². The molecule has 5 nitrogen and oxygen atoms in total. The Morgan fingerprint density at radius 3 is 2.71 bits per heavy atom. The first-order chi connectivity index (χ1) is 10.1. The van der Waals surface area contributed by atoms with Gasteiger partial charge in [-0.15, -0.1) is 0 Å². The number of nitrogens with zero attached hydrogens (tertiary/aromatic N) is 1. The van der Waals surface area contributed by atoms with Gasteiger partial charge in [0.25, 0.3) is 0 Å². The molecule has 1 aromatic heterocycles. The second kappa shape index (κ2) is 5.13. The van der Waals surface area contributed by atoms with Gasteiger partial charge >= 0.3 is 0 Å². The number of benzene rings is 2. The third-order valence-electron chi connectivity index (χ3n) is 3.22. The Bertz CT molecular complexity index is 829. The predicted molar refractivity (Wildman–Crippen MR) is 84.4 cm³/mol. The second-order valence-corrected chi connectivity index (χ2v) is 4.70. The van der Waals surface area contributed by atoms with Crippen LogP contribution in [-0.2, 0) is 0 Å². The van der Waals surface area contributed by atoms with E-state index in [-0.39, 0.29) is 0 Å². The zero-order valence-corrected chi connectivity index (χ0v) is 11.2. The van der Waals surface area contributed by atoms with Crippen LogP contribution in [0.5, 0.6) is 0 Å². The number of fused-ring (bicyclic) bond motifs is 1. The van der Waals surface area contributed by atoms with E-state index in [0.29, 0.717) is 11.3 Å². The Kier molecular flexibility index (Phi) is 3.16. The molecule has 3 aromatic rings. The first kappa shape index (κ1) is 12.9. The molecule has 21 heavy (non-hydrogen) atoms. The molecule has 0 aliphatic carbocycles. The van der Waals surface area contributed by atoms with Crippen LogP contribution in [0, 0.1) is 0 Å². The molecule has 0 saturated carbocycles. The van der Waals surface area contributed by atoms with Crippen molar-refractivity contribution in [2.75, 3.05) is 11.1 Å². The summed E-state index contributed by atoms with van der Waals surface area (Å²) >= 11 is 0. The third kappa shape index (κ3) is 2.62. The molecular formula is C16H14N4O. The van der Waals surface area contributed by atoms with Crippen LogP contribution in [-0.4, -0.2) is 10.9 Å². The number of primary amides is 1. The Morgan fingerprint density at radius 1 is 1.10 bits per heavy atom. The van der Waals surface area contributed by atoms with Crippen LogP contribution in [0.2, 0.25) is 0 Å². The number of hydrogen-bond donors (Lipinski definition) is 3. The summed E-state index contributed by atoms with van der Waals surface area (Å²) in [4.78, 5) is 15.4. The molecule has 0 saturated heterocycles. The monoisotopic (exact) mass is 278 g/mol. The summed E-state index contributed by atoms with van der Waals surface area (Å²) in [5.41, 5.74) is 14.6. The summed E-state index contributed by atoms with van der Waals surface area (Å²) in [6.07, 6.45) is 1.76. The quantitative estimate of drug-likeness (QED) is 0.642. The predicted octanol–water partition coefficient (Wildman–Crippen LogP) is 2.66. The smallest absolute Gasteiger partial charge is 0.248 e. The fraction of sp³-hybridized carbons (Fsp3) is 0. The second-order valence-electron chi connectivity index (χ2n) is 4.70. The molecule has 2 aromatic carbocycles. The molecule has 0 aliphatic rings. The fourth-order valence-electron chi connectivity index (χ4n) is 2.14. The summed E-state index contributed by atoms with van der Waals surface area (Å²) in [5, 5.41) is 4.26. The molecule has 0 bridgehead atoms. The number of rotatable bonds is 3. The van der Waals surface area contributed by atoms with Crippen LogP contribution in [0.25, 0.3) is 10.9 Å². The maximum absolute atomic E-state index is 11.1. The van der Waals surface area contributed by atoms with E-state index in [9.17, 15) is 4.79 Å². The molecule has 5 N–H and O–H groups in total. The molecule has 3 rings (SSSR count). The van der Waals surface area contributed by atoms with Crippen molar-refractivity contribution in [1.82, 2.24) is 4.98 Å². The van der Waals surface area contributed by atoms with Crippen molar-refractivity contribution >= 4 is 33.9 Å². The number of aromatic nitrogens is 1. The summed E-state index contributed by atoms with van der Waals surface area (Å²) in [5.74, 6) is -0.495. The van der Waals surface area contributed by atoms with Crippen LogP contribution < -0.4 is 16.8 Å². The first-order valence-electron chi connectivity index (χ1n) is 6.44. The molecule has 0 radical (unpaired) electrons. The van der Waals surface area contributed by atoms with Crippen molar-refractivity contribution in [1.29, 1.82) is 0 Å². The van der Waals surface area contributed by atoms with Crippen molar-refractivity contribution in [2.45, 2.75) is 0 Å². The molecule has 0 aliphatic heterocycles. The highest BCUT2D eigenvalue weighted by atomic mass is 16.1. The van der Waals surface area contributed by atoms with Gasteiger partial charge in [-0.1, -0.05) is 6.07 Å². The minimum absolute atomic E-state index is 0.390. The van der Waals surface area contributed by atoms with Gasteiger partial charge < -0.3 is 16.8 Å². The topological polar surface area (TPSA) is 94.0 Å². The third-order valence-corrected chi connectivity index (χ3v) is 3.22. The van der Waals surface area contributed by atoms with Crippen molar-refractivity contribution in [3.05, 3.63) is 60.3 Å². The minimum Gasteiger partial charge on any atom is -0.397 e. The van der Waals surface area contributed by atoms with Gasteiger partial charge in [0.05, 0.1) is 16.9 Å². The zero-order chi connectivity index (χ0) is 14.8. The highest BCUT2D eigenvalue weighted by Gasteiger charge is 2.05. The van der Waals surface area contributed by atoms with Gasteiger partial charge in [-0.25, -0.2) is 0 Å². The van der Waals surface area contributed by atoms with Gasteiger partial charge in [-0.3, -0.25) is 9.78 Å². The molecule has 5 heteroatoms. The lowest BCUT2D eigenvalue weighted by Crippen LogP contribution is -2.11. The van der Waals surface area contributed by atoms with Gasteiger partial charge in [0.1, 0.15) is 0 Å². The summed E-state index contributed by atoms with van der Waals surface area (Å²) in [7, 11) is 0. The van der Waals surface area contributed by atoms with E-state index in [1.807, 2.05) is 30.3 Å². The molecule has 1 heterocycles. The number of nitrogen functional groups attached to an aromatic ring is 1. The standard InChI is InChI=1S/C16H14N4O/c17-13-9-11(16(18)21)3-5-15(13)20-12-4-6-14-10(8-12)2-1-7-19-14/h1-9,20H,17H2,(H2,18,21). The highest BCUT2D eigenvalue weighted by Crippen LogP contribution is 2.26. The van der Waals surface area contributed by atoms with E-state index in [1.54, 1.807) is 24.4 Å². The highest BCUT2D eigenvalue weighted by molar-refractivity contribution is 5.95. The Balaban J connectivity index is 1.93. The number of pyridine rings is 1. The van der Waals surface area contributed by atoms with Gasteiger partial charge in [0.2, 0.25) is 5.91 Å². The summed E-state index contributed by atoms with van der Waals surface area (Å²) < 4.78 is 0. The lowest BCUT2D eigenvalue weighted by atomic mass is 10.1. The normalized spacial score (nSPS) is 10.5. The molecular weight excluding hydrogens is 264 g/mol. The number of amides is 1. The average Bonchev–Trinajstić information content (AvgIpc) is 2.49. The Labute approximate surface area is 121 Å². The van der Waals surface area contributed by atoms with Crippen LogP contribution in [0.15, 0.2) is 54.7 Å². The van der Waals surface area contributed by atoms with Crippen molar-refractivity contribution < 1.29 is 4.79 Å². The molecule has 0 fully saturated rings. The van der Waals surface area contributed by atoms with Crippen molar-refractivity contribution in [3.8, 4) is 0 Å². The van der Waals surface area contributed by atoms with Gasteiger partial charge in [0.15, 0.2) is 0 Å². The number of nitrogens with two attached hydrogens (primary N) is 2. The minimum atomic E-state index is -0.495.